The maximum Gasteiger partial charge on any atom is 0.251 e. The maximum absolute atomic E-state index is 12.3. The lowest BCUT2D eigenvalue weighted by Gasteiger charge is -2.17. The summed E-state index contributed by atoms with van der Waals surface area (Å²) in [6, 6.07) is 14.0. The summed E-state index contributed by atoms with van der Waals surface area (Å²) < 4.78 is 10.4. The molecule has 0 saturated carbocycles. The van der Waals surface area contributed by atoms with E-state index in [0.717, 1.165) is 12.8 Å². The van der Waals surface area contributed by atoms with Gasteiger partial charge in [-0.25, -0.2) is 0 Å². The molecule has 0 spiro atoms. The van der Waals surface area contributed by atoms with Gasteiger partial charge in [0.15, 0.2) is 11.5 Å². The number of amides is 1. The molecular formula is C22H28N2O3. The van der Waals surface area contributed by atoms with Gasteiger partial charge in [0.05, 0.1) is 14.2 Å². The Labute approximate surface area is 161 Å². The van der Waals surface area contributed by atoms with Crippen LogP contribution >= 0.6 is 0 Å². The Morgan fingerprint density at radius 3 is 2.37 bits per heavy atom. The fraction of sp³-hybridized carbons (Fsp3) is 0.409. The summed E-state index contributed by atoms with van der Waals surface area (Å²) >= 11 is 0. The first-order valence-electron chi connectivity index (χ1n) is 9.55. The Bertz CT molecular complexity index is 753. The molecule has 2 aromatic rings. The van der Waals surface area contributed by atoms with E-state index >= 15 is 0 Å². The van der Waals surface area contributed by atoms with Crippen LogP contribution < -0.4 is 19.7 Å². The third-order valence-corrected chi connectivity index (χ3v) is 4.98. The summed E-state index contributed by atoms with van der Waals surface area (Å²) in [5, 5.41) is 2.97. The van der Waals surface area contributed by atoms with Crippen molar-refractivity contribution in [2.75, 3.05) is 38.8 Å². The molecule has 1 heterocycles. The molecule has 0 radical (unpaired) electrons. The van der Waals surface area contributed by atoms with Crippen LogP contribution in [0.5, 0.6) is 11.5 Å². The Morgan fingerprint density at radius 1 is 1.00 bits per heavy atom. The van der Waals surface area contributed by atoms with Crippen molar-refractivity contribution in [3.63, 3.8) is 0 Å². The number of carbonyl (C=O) groups excluding carboxylic acids is 1. The number of aryl methyl sites for hydroxylation is 1. The number of nitrogens with zero attached hydrogens (tertiary/aromatic N) is 1. The number of ether oxygens (including phenoxy) is 2. The van der Waals surface area contributed by atoms with Crippen LogP contribution in [0.1, 0.15) is 35.2 Å². The molecule has 1 N–H and O–H groups in total. The molecule has 5 nitrogen and oxygen atoms in total. The van der Waals surface area contributed by atoms with Crippen molar-refractivity contribution in [2.45, 2.75) is 25.7 Å². The third kappa shape index (κ3) is 4.94. The zero-order chi connectivity index (χ0) is 19.1. The van der Waals surface area contributed by atoms with Crippen LogP contribution in [0, 0.1) is 0 Å². The summed E-state index contributed by atoms with van der Waals surface area (Å²) in [5.74, 6) is 1.08. The highest BCUT2D eigenvalue weighted by Gasteiger charge is 2.12. The van der Waals surface area contributed by atoms with Gasteiger partial charge in [-0.15, -0.1) is 0 Å². The number of carbonyl (C=O) groups is 1. The lowest BCUT2D eigenvalue weighted by Crippen LogP contribution is -2.24. The maximum atomic E-state index is 12.3. The average Bonchev–Trinajstić information content (AvgIpc) is 3.25. The minimum absolute atomic E-state index is 0.0969. The second-order valence-electron chi connectivity index (χ2n) is 6.79. The zero-order valence-corrected chi connectivity index (χ0v) is 16.2. The van der Waals surface area contributed by atoms with Crippen molar-refractivity contribution in [1.82, 2.24) is 5.32 Å². The van der Waals surface area contributed by atoms with Crippen molar-refractivity contribution < 1.29 is 14.3 Å². The SMILES string of the molecule is COc1ccc(C(=O)NCCCc2ccc(N3CCCC3)cc2)cc1OC. The summed E-state index contributed by atoms with van der Waals surface area (Å²) in [6.07, 6.45) is 4.44. The number of rotatable bonds is 8. The second kappa shape index (κ2) is 9.31. The minimum Gasteiger partial charge on any atom is -0.493 e. The molecule has 1 aliphatic heterocycles. The van der Waals surface area contributed by atoms with Gasteiger partial charge in [-0.1, -0.05) is 12.1 Å². The van der Waals surface area contributed by atoms with E-state index in [9.17, 15) is 4.79 Å². The molecule has 0 atom stereocenters. The van der Waals surface area contributed by atoms with E-state index in [1.54, 1.807) is 32.4 Å². The van der Waals surface area contributed by atoms with Gasteiger partial charge in [0, 0.05) is 30.9 Å². The topological polar surface area (TPSA) is 50.8 Å². The molecule has 0 bridgehead atoms. The predicted molar refractivity (Wildman–Crippen MR) is 108 cm³/mol. The van der Waals surface area contributed by atoms with Gasteiger partial charge >= 0.3 is 0 Å². The highest BCUT2D eigenvalue weighted by molar-refractivity contribution is 5.94. The molecule has 1 aliphatic rings. The first kappa shape index (κ1) is 19.1. The molecule has 3 rings (SSSR count). The Kier molecular flexibility index (Phi) is 6.58. The van der Waals surface area contributed by atoms with Crippen molar-refractivity contribution >= 4 is 11.6 Å². The zero-order valence-electron chi connectivity index (χ0n) is 16.2. The summed E-state index contributed by atoms with van der Waals surface area (Å²) in [4.78, 5) is 14.7. The van der Waals surface area contributed by atoms with Gasteiger partial charge in [-0.2, -0.15) is 0 Å². The molecule has 5 heteroatoms. The molecule has 0 aromatic heterocycles. The Morgan fingerprint density at radius 2 is 1.70 bits per heavy atom. The molecule has 27 heavy (non-hydrogen) atoms. The molecular weight excluding hydrogens is 340 g/mol. The Balaban J connectivity index is 1.45. The predicted octanol–water partition coefficient (Wildman–Crippen LogP) is 3.67. The van der Waals surface area contributed by atoms with Crippen LogP contribution in [-0.4, -0.2) is 39.8 Å². The standard InChI is InChI=1S/C22H28N2O3/c1-26-20-12-9-18(16-21(20)27-2)22(25)23-13-5-6-17-7-10-19(11-8-17)24-14-3-4-15-24/h7-12,16H,3-6,13-15H2,1-2H3,(H,23,25). The van der Waals surface area contributed by atoms with E-state index < -0.39 is 0 Å². The van der Waals surface area contributed by atoms with Crippen LogP contribution in [0.4, 0.5) is 5.69 Å². The molecule has 1 saturated heterocycles. The number of anilines is 1. The molecule has 144 valence electrons. The van der Waals surface area contributed by atoms with E-state index in [0.29, 0.717) is 23.6 Å². The summed E-state index contributed by atoms with van der Waals surface area (Å²) in [6.45, 7) is 2.98. The first-order chi connectivity index (χ1) is 13.2. The number of hydrogen-bond donors (Lipinski definition) is 1. The van der Waals surface area contributed by atoms with E-state index in [4.69, 9.17) is 9.47 Å². The fourth-order valence-electron chi connectivity index (χ4n) is 3.42. The lowest BCUT2D eigenvalue weighted by atomic mass is 10.1. The van der Waals surface area contributed by atoms with E-state index in [1.165, 1.54) is 37.2 Å². The number of benzene rings is 2. The number of methoxy groups -OCH3 is 2. The highest BCUT2D eigenvalue weighted by Crippen LogP contribution is 2.27. The second-order valence-corrected chi connectivity index (χ2v) is 6.79. The summed E-state index contributed by atoms with van der Waals surface area (Å²) in [5.41, 5.74) is 3.19. The van der Waals surface area contributed by atoms with Crippen molar-refractivity contribution in [2.24, 2.45) is 0 Å². The van der Waals surface area contributed by atoms with E-state index in [2.05, 4.69) is 34.5 Å². The minimum atomic E-state index is -0.0969. The van der Waals surface area contributed by atoms with Crippen LogP contribution in [0.25, 0.3) is 0 Å². The van der Waals surface area contributed by atoms with Crippen LogP contribution in [0.3, 0.4) is 0 Å². The quantitative estimate of drug-likeness (QED) is 0.723. The van der Waals surface area contributed by atoms with Crippen molar-refractivity contribution in [3.8, 4) is 11.5 Å². The smallest absolute Gasteiger partial charge is 0.251 e. The first-order valence-corrected chi connectivity index (χ1v) is 9.55. The highest BCUT2D eigenvalue weighted by atomic mass is 16.5. The van der Waals surface area contributed by atoms with Gasteiger partial charge in [0.1, 0.15) is 0 Å². The molecule has 0 unspecified atom stereocenters. The van der Waals surface area contributed by atoms with Gasteiger partial charge in [-0.3, -0.25) is 4.79 Å². The van der Waals surface area contributed by atoms with Gasteiger partial charge in [0.2, 0.25) is 0 Å². The van der Waals surface area contributed by atoms with Crippen LogP contribution in [0.2, 0.25) is 0 Å². The van der Waals surface area contributed by atoms with Crippen LogP contribution in [-0.2, 0) is 6.42 Å². The monoisotopic (exact) mass is 368 g/mol. The third-order valence-electron chi connectivity index (χ3n) is 4.98. The number of hydrogen-bond acceptors (Lipinski definition) is 4. The normalized spacial score (nSPS) is 13.5. The fourth-order valence-corrected chi connectivity index (χ4v) is 3.42. The summed E-state index contributed by atoms with van der Waals surface area (Å²) in [7, 11) is 3.14. The average molecular weight is 368 g/mol. The van der Waals surface area contributed by atoms with Crippen LogP contribution in [0.15, 0.2) is 42.5 Å². The van der Waals surface area contributed by atoms with E-state index in [-0.39, 0.29) is 5.91 Å². The van der Waals surface area contributed by atoms with Gasteiger partial charge in [0.25, 0.3) is 5.91 Å². The molecule has 1 amide bonds. The Hall–Kier alpha value is -2.69. The van der Waals surface area contributed by atoms with Crippen molar-refractivity contribution in [3.05, 3.63) is 53.6 Å². The van der Waals surface area contributed by atoms with Crippen molar-refractivity contribution in [1.29, 1.82) is 0 Å². The molecule has 0 aliphatic carbocycles. The molecule has 2 aromatic carbocycles. The van der Waals surface area contributed by atoms with E-state index in [1.807, 2.05) is 0 Å². The van der Waals surface area contributed by atoms with Gasteiger partial charge < -0.3 is 19.7 Å². The largest absolute Gasteiger partial charge is 0.493 e. The number of nitrogens with one attached hydrogen (secondary N) is 1. The lowest BCUT2D eigenvalue weighted by molar-refractivity contribution is 0.0953. The van der Waals surface area contributed by atoms with Gasteiger partial charge in [-0.05, 0) is 61.6 Å². The molecule has 1 fully saturated rings.